The van der Waals surface area contributed by atoms with Crippen LogP contribution in [0.15, 0.2) is 54.6 Å². The first-order valence-electron chi connectivity index (χ1n) is 9.89. The topological polar surface area (TPSA) is 66.8 Å². The van der Waals surface area contributed by atoms with Crippen molar-refractivity contribution >= 4 is 11.9 Å². The molecule has 1 saturated heterocycles. The highest BCUT2D eigenvalue weighted by Gasteiger charge is 2.22. The molecule has 1 heterocycles. The molecule has 3 rings (SSSR count). The number of carboxylic acids is 1. The van der Waals surface area contributed by atoms with Gasteiger partial charge in [-0.25, -0.2) is 0 Å². The van der Waals surface area contributed by atoms with Crippen molar-refractivity contribution in [2.45, 2.75) is 38.2 Å². The van der Waals surface area contributed by atoms with Gasteiger partial charge < -0.3 is 14.7 Å². The predicted molar refractivity (Wildman–Crippen MR) is 108 cm³/mol. The molecule has 5 nitrogen and oxygen atoms in total. The van der Waals surface area contributed by atoms with Crippen LogP contribution in [0.1, 0.15) is 31.2 Å². The summed E-state index contributed by atoms with van der Waals surface area (Å²) in [4.78, 5) is 25.3. The summed E-state index contributed by atoms with van der Waals surface area (Å²) in [7, 11) is 0. The van der Waals surface area contributed by atoms with E-state index in [0.717, 1.165) is 49.2 Å². The van der Waals surface area contributed by atoms with Crippen LogP contribution in [0.2, 0.25) is 0 Å². The molecule has 1 aliphatic heterocycles. The Morgan fingerprint density at radius 1 is 1.00 bits per heavy atom. The van der Waals surface area contributed by atoms with Gasteiger partial charge in [0.2, 0.25) is 0 Å². The third-order valence-electron chi connectivity index (χ3n) is 5.13. The minimum Gasteiger partial charge on any atom is -0.481 e. The Morgan fingerprint density at radius 3 is 2.39 bits per heavy atom. The lowest BCUT2D eigenvalue weighted by atomic mass is 9.98. The van der Waals surface area contributed by atoms with Crippen LogP contribution < -0.4 is 0 Å². The lowest BCUT2D eigenvalue weighted by Crippen LogP contribution is -2.38. The van der Waals surface area contributed by atoms with Gasteiger partial charge in [-0.1, -0.05) is 54.6 Å². The van der Waals surface area contributed by atoms with Gasteiger partial charge in [0.05, 0.1) is 6.42 Å². The Bertz CT molecular complexity index is 782. The third kappa shape index (κ3) is 5.92. The molecule has 0 bridgehead atoms. The van der Waals surface area contributed by atoms with Gasteiger partial charge in [-0.2, -0.15) is 0 Å². The maximum Gasteiger partial charge on any atom is 0.310 e. The number of benzene rings is 2. The Morgan fingerprint density at radius 2 is 1.68 bits per heavy atom. The van der Waals surface area contributed by atoms with Gasteiger partial charge in [-0.15, -0.1) is 0 Å². The molecule has 2 aromatic rings. The van der Waals surface area contributed by atoms with E-state index >= 15 is 0 Å². The first-order valence-corrected chi connectivity index (χ1v) is 9.89. The minimum absolute atomic E-state index is 0.0490. The largest absolute Gasteiger partial charge is 0.481 e. The van der Waals surface area contributed by atoms with E-state index in [2.05, 4.69) is 4.90 Å². The van der Waals surface area contributed by atoms with E-state index in [-0.39, 0.29) is 24.9 Å². The summed E-state index contributed by atoms with van der Waals surface area (Å²) in [6.45, 7) is 2.48. The van der Waals surface area contributed by atoms with E-state index in [4.69, 9.17) is 9.84 Å². The van der Waals surface area contributed by atoms with Crippen molar-refractivity contribution in [1.29, 1.82) is 0 Å². The van der Waals surface area contributed by atoms with Crippen LogP contribution >= 0.6 is 0 Å². The number of carbonyl (C=O) groups is 2. The molecule has 28 heavy (non-hydrogen) atoms. The number of piperidine rings is 1. The fourth-order valence-electron chi connectivity index (χ4n) is 3.66. The molecular weight excluding hydrogens is 354 g/mol. The number of likely N-dealkylation sites (tertiary alicyclic amines) is 1. The molecule has 0 amide bonds. The lowest BCUT2D eigenvalue weighted by Gasteiger charge is -2.31. The van der Waals surface area contributed by atoms with Crippen LogP contribution in [0.25, 0.3) is 11.1 Å². The molecule has 0 atom stereocenters. The van der Waals surface area contributed by atoms with Crippen molar-refractivity contribution < 1.29 is 19.4 Å². The third-order valence-corrected chi connectivity index (χ3v) is 5.13. The zero-order valence-corrected chi connectivity index (χ0v) is 16.0. The normalized spacial score (nSPS) is 15.3. The van der Waals surface area contributed by atoms with Crippen LogP contribution in [0.5, 0.6) is 0 Å². The standard InChI is InChI=1S/C23H27NO4/c25-22(26)11-6-14-24-15-12-20(13-16-24)28-23(27)17-19-9-4-5-10-21(19)18-7-2-1-3-8-18/h1-5,7-10,20H,6,11-17H2,(H,25,26). The van der Waals surface area contributed by atoms with Gasteiger partial charge >= 0.3 is 11.9 Å². The first kappa shape index (κ1) is 20.1. The van der Waals surface area contributed by atoms with Crippen molar-refractivity contribution in [1.82, 2.24) is 4.90 Å². The maximum absolute atomic E-state index is 12.5. The smallest absolute Gasteiger partial charge is 0.310 e. The van der Waals surface area contributed by atoms with Gasteiger partial charge in [0, 0.05) is 19.5 Å². The molecule has 0 unspecified atom stereocenters. The van der Waals surface area contributed by atoms with Gasteiger partial charge in [-0.05, 0) is 42.5 Å². The highest BCUT2D eigenvalue weighted by molar-refractivity contribution is 5.78. The SMILES string of the molecule is O=C(O)CCCN1CCC(OC(=O)Cc2ccccc2-c2ccccc2)CC1. The number of carbonyl (C=O) groups excluding carboxylic acids is 1. The van der Waals surface area contributed by atoms with E-state index in [1.807, 2.05) is 54.6 Å². The summed E-state index contributed by atoms with van der Waals surface area (Å²) in [5, 5.41) is 8.72. The molecule has 0 saturated carbocycles. The van der Waals surface area contributed by atoms with Crippen molar-refractivity contribution in [2.75, 3.05) is 19.6 Å². The quantitative estimate of drug-likeness (QED) is 0.705. The molecule has 0 aromatic heterocycles. The van der Waals surface area contributed by atoms with E-state index in [1.165, 1.54) is 0 Å². The molecule has 0 aliphatic carbocycles. The summed E-state index contributed by atoms with van der Waals surface area (Å²) in [6.07, 6.45) is 2.70. The molecule has 1 aliphatic rings. The van der Waals surface area contributed by atoms with Crippen molar-refractivity contribution in [3.05, 3.63) is 60.2 Å². The van der Waals surface area contributed by atoms with Crippen molar-refractivity contribution in [2.24, 2.45) is 0 Å². The molecule has 148 valence electrons. The fraction of sp³-hybridized carbons (Fsp3) is 0.391. The summed E-state index contributed by atoms with van der Waals surface area (Å²) in [5.74, 6) is -0.938. The van der Waals surface area contributed by atoms with Crippen LogP contribution in [-0.2, 0) is 20.7 Å². The van der Waals surface area contributed by atoms with Gasteiger partial charge in [0.1, 0.15) is 6.10 Å². The Hall–Kier alpha value is -2.66. The lowest BCUT2D eigenvalue weighted by molar-refractivity contribution is -0.150. The molecule has 0 spiro atoms. The molecule has 0 radical (unpaired) electrons. The molecule has 1 N–H and O–H groups in total. The van der Waals surface area contributed by atoms with Crippen LogP contribution in [0.3, 0.4) is 0 Å². The zero-order valence-electron chi connectivity index (χ0n) is 16.0. The summed E-state index contributed by atoms with van der Waals surface area (Å²) < 4.78 is 5.72. The van der Waals surface area contributed by atoms with E-state index < -0.39 is 5.97 Å². The Labute approximate surface area is 165 Å². The summed E-state index contributed by atoms with van der Waals surface area (Å²) in [6, 6.07) is 18.0. The van der Waals surface area contributed by atoms with Crippen LogP contribution in [0, 0.1) is 0 Å². The number of carboxylic acid groups (broad SMARTS) is 1. The fourth-order valence-corrected chi connectivity index (χ4v) is 3.66. The second-order valence-electron chi connectivity index (χ2n) is 7.23. The van der Waals surface area contributed by atoms with Crippen LogP contribution in [0.4, 0.5) is 0 Å². The average Bonchev–Trinajstić information content (AvgIpc) is 2.70. The van der Waals surface area contributed by atoms with E-state index in [0.29, 0.717) is 6.42 Å². The number of hydrogen-bond donors (Lipinski definition) is 1. The highest BCUT2D eigenvalue weighted by atomic mass is 16.5. The predicted octanol–water partition coefficient (Wildman–Crippen LogP) is 3.77. The van der Waals surface area contributed by atoms with Crippen LogP contribution in [-0.4, -0.2) is 47.7 Å². The summed E-state index contributed by atoms with van der Waals surface area (Å²) in [5.41, 5.74) is 3.14. The monoisotopic (exact) mass is 381 g/mol. The second-order valence-corrected chi connectivity index (χ2v) is 7.23. The van der Waals surface area contributed by atoms with Gasteiger partial charge in [0.15, 0.2) is 0 Å². The number of hydrogen-bond acceptors (Lipinski definition) is 4. The van der Waals surface area contributed by atoms with E-state index in [9.17, 15) is 9.59 Å². The number of rotatable bonds is 8. The van der Waals surface area contributed by atoms with E-state index in [1.54, 1.807) is 0 Å². The summed E-state index contributed by atoms with van der Waals surface area (Å²) >= 11 is 0. The second kappa shape index (κ2) is 10.0. The molecule has 5 heteroatoms. The highest BCUT2D eigenvalue weighted by Crippen LogP contribution is 2.24. The molecule has 2 aromatic carbocycles. The van der Waals surface area contributed by atoms with Crippen molar-refractivity contribution in [3.63, 3.8) is 0 Å². The first-order chi connectivity index (χ1) is 13.6. The van der Waals surface area contributed by atoms with Gasteiger partial charge in [0.25, 0.3) is 0 Å². The average molecular weight is 381 g/mol. The Kier molecular flexibility index (Phi) is 7.20. The number of aliphatic carboxylic acids is 1. The number of nitrogens with zero attached hydrogens (tertiary/aromatic N) is 1. The molecular formula is C23H27NO4. The minimum atomic E-state index is -0.750. The number of ether oxygens (including phenoxy) is 1. The maximum atomic E-state index is 12.5. The zero-order chi connectivity index (χ0) is 19.8. The Balaban J connectivity index is 1.49. The van der Waals surface area contributed by atoms with Crippen molar-refractivity contribution in [3.8, 4) is 11.1 Å². The number of esters is 1. The van der Waals surface area contributed by atoms with Gasteiger partial charge in [-0.3, -0.25) is 9.59 Å². The molecule has 1 fully saturated rings.